The predicted octanol–water partition coefficient (Wildman–Crippen LogP) is 1.25. The highest BCUT2D eigenvalue weighted by Gasteiger charge is 2.47. The van der Waals surface area contributed by atoms with Crippen LogP contribution in [0.4, 0.5) is 4.39 Å². The number of piperidine rings is 3. The first-order valence-electron chi connectivity index (χ1n) is 9.33. The molecule has 2 bridgehead atoms. The summed E-state index contributed by atoms with van der Waals surface area (Å²) < 4.78 is 13.1. The number of aromatic hydroxyl groups is 1. The van der Waals surface area contributed by atoms with Crippen molar-refractivity contribution in [2.45, 2.75) is 37.8 Å². The van der Waals surface area contributed by atoms with Gasteiger partial charge in [-0.3, -0.25) is 9.59 Å². The Morgan fingerprint density at radius 1 is 1.35 bits per heavy atom. The Balaban J connectivity index is 1.50. The van der Waals surface area contributed by atoms with Gasteiger partial charge < -0.3 is 20.6 Å². The van der Waals surface area contributed by atoms with Crippen LogP contribution in [0.3, 0.4) is 0 Å². The number of carbonyl (C=O) groups excluding carboxylic acids is 2. The van der Waals surface area contributed by atoms with Crippen LogP contribution < -0.4 is 10.6 Å². The minimum Gasteiger partial charge on any atom is -0.507 e. The minimum absolute atomic E-state index is 0.0385. The summed E-state index contributed by atoms with van der Waals surface area (Å²) in [6.07, 6.45) is 3.61. The van der Waals surface area contributed by atoms with E-state index in [1.807, 2.05) is 4.90 Å². The molecule has 0 radical (unpaired) electrons. The van der Waals surface area contributed by atoms with E-state index in [1.54, 1.807) is 0 Å². The standard InChI is InChI=1S/C19H24FN3O3/c20-13-4-5-14(17(24)7-13)19(26)22-10-16-12-6-11(8-21-9-12)15-2-1-3-18(25)23(15)16/h4-5,7,11-12,15-16,21,24H,1-3,6,8-10H2,(H,22,26)/t11-,12+,15+,16+/m1/s1. The third-order valence-electron chi connectivity index (χ3n) is 6.08. The van der Waals surface area contributed by atoms with Crippen LogP contribution in [0.1, 0.15) is 36.0 Å². The molecule has 3 N–H and O–H groups in total. The lowest BCUT2D eigenvalue weighted by atomic mass is 9.72. The molecule has 2 amide bonds. The molecule has 6 nitrogen and oxygen atoms in total. The van der Waals surface area contributed by atoms with Gasteiger partial charge in [-0.25, -0.2) is 4.39 Å². The highest BCUT2D eigenvalue weighted by atomic mass is 19.1. The lowest BCUT2D eigenvalue weighted by molar-refractivity contribution is -0.148. The van der Waals surface area contributed by atoms with Crippen molar-refractivity contribution >= 4 is 11.8 Å². The van der Waals surface area contributed by atoms with E-state index in [2.05, 4.69) is 10.6 Å². The van der Waals surface area contributed by atoms with Crippen LogP contribution in [0.2, 0.25) is 0 Å². The first kappa shape index (κ1) is 17.3. The van der Waals surface area contributed by atoms with Crippen molar-refractivity contribution in [1.82, 2.24) is 15.5 Å². The number of hydrogen-bond donors (Lipinski definition) is 3. The molecule has 3 saturated heterocycles. The maximum absolute atomic E-state index is 13.1. The summed E-state index contributed by atoms with van der Waals surface area (Å²) in [6, 6.07) is 3.56. The van der Waals surface area contributed by atoms with Crippen molar-refractivity contribution < 1.29 is 19.1 Å². The van der Waals surface area contributed by atoms with E-state index in [-0.39, 0.29) is 29.3 Å². The van der Waals surface area contributed by atoms with E-state index in [4.69, 9.17) is 0 Å². The average molecular weight is 361 g/mol. The van der Waals surface area contributed by atoms with E-state index < -0.39 is 11.7 Å². The van der Waals surface area contributed by atoms with Crippen LogP contribution in [0.15, 0.2) is 18.2 Å². The second kappa shape index (κ2) is 6.87. The summed E-state index contributed by atoms with van der Waals surface area (Å²) in [5.74, 6) is -0.429. The Morgan fingerprint density at radius 2 is 2.15 bits per heavy atom. The molecule has 3 heterocycles. The number of phenolic OH excluding ortho intramolecular Hbond substituents is 1. The van der Waals surface area contributed by atoms with Gasteiger partial charge in [0.2, 0.25) is 5.91 Å². The van der Waals surface area contributed by atoms with Gasteiger partial charge in [0.15, 0.2) is 0 Å². The van der Waals surface area contributed by atoms with Crippen molar-refractivity contribution in [1.29, 1.82) is 0 Å². The van der Waals surface area contributed by atoms with E-state index in [0.29, 0.717) is 24.8 Å². The van der Waals surface area contributed by atoms with Gasteiger partial charge in [-0.15, -0.1) is 0 Å². The minimum atomic E-state index is -0.590. The summed E-state index contributed by atoms with van der Waals surface area (Å²) in [6.45, 7) is 2.14. The summed E-state index contributed by atoms with van der Waals surface area (Å²) in [4.78, 5) is 27.0. The molecular formula is C19H24FN3O3. The molecule has 26 heavy (non-hydrogen) atoms. The Kier molecular flexibility index (Phi) is 4.56. The van der Waals surface area contributed by atoms with Gasteiger partial charge in [-0.2, -0.15) is 0 Å². The number of halogens is 1. The lowest BCUT2D eigenvalue weighted by Crippen LogP contribution is -2.66. The van der Waals surface area contributed by atoms with Crippen molar-refractivity contribution in [3.05, 3.63) is 29.6 Å². The predicted molar refractivity (Wildman–Crippen MR) is 93.1 cm³/mol. The normalized spacial score (nSPS) is 30.7. The summed E-state index contributed by atoms with van der Waals surface area (Å²) in [5, 5.41) is 16.1. The van der Waals surface area contributed by atoms with Gasteiger partial charge in [-0.1, -0.05) is 0 Å². The number of amides is 2. The third-order valence-corrected chi connectivity index (χ3v) is 6.08. The second-order valence-electron chi connectivity index (χ2n) is 7.61. The molecule has 1 aromatic carbocycles. The number of fused-ring (bicyclic) bond motifs is 4. The average Bonchev–Trinajstić information content (AvgIpc) is 2.62. The molecular weight excluding hydrogens is 337 g/mol. The summed E-state index contributed by atoms with van der Waals surface area (Å²) in [7, 11) is 0. The van der Waals surface area contributed by atoms with Crippen molar-refractivity contribution in [3.63, 3.8) is 0 Å². The maximum atomic E-state index is 13.1. The molecule has 3 fully saturated rings. The van der Waals surface area contributed by atoms with Crippen LogP contribution in [0.5, 0.6) is 5.75 Å². The molecule has 1 aromatic rings. The molecule has 4 rings (SSSR count). The second-order valence-corrected chi connectivity index (χ2v) is 7.61. The van der Waals surface area contributed by atoms with Gasteiger partial charge in [-0.05, 0) is 49.8 Å². The van der Waals surface area contributed by atoms with Crippen molar-refractivity contribution in [3.8, 4) is 5.75 Å². The number of benzene rings is 1. The zero-order valence-electron chi connectivity index (χ0n) is 14.6. The molecule has 0 saturated carbocycles. The Labute approximate surface area is 151 Å². The summed E-state index contributed by atoms with van der Waals surface area (Å²) in [5.41, 5.74) is 0.0448. The van der Waals surface area contributed by atoms with Gasteiger partial charge in [0.05, 0.1) is 11.6 Å². The van der Waals surface area contributed by atoms with Gasteiger partial charge in [0, 0.05) is 31.6 Å². The van der Waals surface area contributed by atoms with Crippen LogP contribution in [-0.4, -0.2) is 53.5 Å². The fraction of sp³-hybridized carbons (Fsp3) is 0.579. The lowest BCUT2D eigenvalue weighted by Gasteiger charge is -2.54. The van der Waals surface area contributed by atoms with Crippen molar-refractivity contribution in [2.75, 3.05) is 19.6 Å². The Bertz CT molecular complexity index is 726. The molecule has 7 heteroatoms. The molecule has 0 aliphatic carbocycles. The molecule has 4 atom stereocenters. The van der Waals surface area contributed by atoms with E-state index in [1.165, 1.54) is 6.07 Å². The molecule has 0 aromatic heterocycles. The van der Waals surface area contributed by atoms with Gasteiger partial charge in [0.1, 0.15) is 11.6 Å². The van der Waals surface area contributed by atoms with E-state index >= 15 is 0 Å². The SMILES string of the molecule is O=C(NC[C@H]1[C@@H]2CNC[C@@H](C2)[C@@H]2CCCC(=O)N21)c1ccc(F)cc1O. The summed E-state index contributed by atoms with van der Waals surface area (Å²) >= 11 is 0. The zero-order chi connectivity index (χ0) is 18.3. The van der Waals surface area contributed by atoms with Crippen LogP contribution in [0, 0.1) is 17.7 Å². The molecule has 3 aliphatic rings. The highest BCUT2D eigenvalue weighted by Crippen LogP contribution is 2.39. The molecule has 0 unspecified atom stereocenters. The van der Waals surface area contributed by atoms with Crippen LogP contribution in [-0.2, 0) is 4.79 Å². The van der Waals surface area contributed by atoms with E-state index in [0.717, 1.165) is 44.5 Å². The molecule has 140 valence electrons. The maximum Gasteiger partial charge on any atom is 0.255 e. The topological polar surface area (TPSA) is 81.7 Å². The quantitative estimate of drug-likeness (QED) is 0.757. The third kappa shape index (κ3) is 3.05. The van der Waals surface area contributed by atoms with Gasteiger partial charge >= 0.3 is 0 Å². The monoisotopic (exact) mass is 361 g/mol. The largest absolute Gasteiger partial charge is 0.507 e. The first-order valence-corrected chi connectivity index (χ1v) is 9.33. The number of phenols is 1. The Hall–Kier alpha value is -2.15. The Morgan fingerprint density at radius 3 is 2.96 bits per heavy atom. The van der Waals surface area contributed by atoms with Crippen LogP contribution in [0.25, 0.3) is 0 Å². The molecule has 0 spiro atoms. The molecule has 3 aliphatic heterocycles. The number of hydrogen-bond acceptors (Lipinski definition) is 4. The van der Waals surface area contributed by atoms with E-state index in [9.17, 15) is 19.1 Å². The fourth-order valence-electron chi connectivity index (χ4n) is 4.89. The first-order chi connectivity index (χ1) is 12.5. The smallest absolute Gasteiger partial charge is 0.255 e. The number of nitrogens with zero attached hydrogens (tertiary/aromatic N) is 1. The fourth-order valence-corrected chi connectivity index (χ4v) is 4.89. The number of rotatable bonds is 3. The number of carbonyl (C=O) groups is 2. The van der Waals surface area contributed by atoms with Crippen molar-refractivity contribution in [2.24, 2.45) is 11.8 Å². The zero-order valence-corrected chi connectivity index (χ0v) is 14.6. The van der Waals surface area contributed by atoms with Gasteiger partial charge in [0.25, 0.3) is 5.91 Å². The number of nitrogens with one attached hydrogen (secondary N) is 2. The highest BCUT2D eigenvalue weighted by molar-refractivity contribution is 5.96. The van der Waals surface area contributed by atoms with Crippen LogP contribution >= 0.6 is 0 Å².